The van der Waals surface area contributed by atoms with E-state index in [9.17, 15) is 60.0 Å². The molecule has 0 amide bonds. The minimum absolute atomic E-state index is 0.0251. The minimum Gasteiger partial charge on any atom is -0.507 e. The Bertz CT molecular complexity index is 2360. The highest BCUT2D eigenvalue weighted by Crippen LogP contribution is 2.42. The van der Waals surface area contributed by atoms with Crippen LogP contribution in [0, 0.1) is 0 Å². The van der Waals surface area contributed by atoms with Gasteiger partial charge in [-0.1, -0.05) is 11.6 Å². The first kappa shape index (κ1) is 51.9. The average molecular weight is 965 g/mol. The molecule has 68 heavy (non-hydrogen) atoms. The number of phenolic OH excluding ortho intramolecular Hbond substituents is 1. The number of carbonyl (C=O) groups is 3. The SMILES string of the molecule is COc1ccc(-c2oc3c(CC=C(C)C)c(O[C@@H]4O[C@H](CO)[C@@H](O)[C@H](O)[C@H]4O)cc(O)c3c(=O)c2O[C@@H]2O[C@H](C)[C@H](OC(C)=O)[C@H](O[C@@H]3O[C@H](COC(C)=O)[C@@H](OC(C)=O)[C@@H](O)[C@H]3O)[C@@H]2O)cc1. The van der Waals surface area contributed by atoms with Gasteiger partial charge < -0.3 is 92.6 Å². The molecule has 23 nitrogen and oxygen atoms in total. The molecule has 1 aromatic heterocycles. The second kappa shape index (κ2) is 21.9. The molecule has 4 heterocycles. The number of methoxy groups -OCH3 is 1. The molecule has 2 aromatic carbocycles. The fraction of sp³-hybridized carbons (Fsp3) is 0.556. The Balaban J connectivity index is 1.45. The van der Waals surface area contributed by atoms with Crippen LogP contribution < -0.4 is 19.6 Å². The van der Waals surface area contributed by atoms with Crippen molar-refractivity contribution < 1.29 is 107 Å². The molecule has 15 atom stereocenters. The normalized spacial score (nSPS) is 31.6. The van der Waals surface area contributed by atoms with Crippen molar-refractivity contribution in [3.63, 3.8) is 0 Å². The van der Waals surface area contributed by atoms with Gasteiger partial charge in [0.1, 0.15) is 89.8 Å². The van der Waals surface area contributed by atoms with Gasteiger partial charge >= 0.3 is 17.9 Å². The topological polar surface area (TPSA) is 336 Å². The lowest BCUT2D eigenvalue weighted by Crippen LogP contribution is -2.65. The van der Waals surface area contributed by atoms with E-state index in [-0.39, 0.29) is 34.6 Å². The number of esters is 3. The van der Waals surface area contributed by atoms with E-state index >= 15 is 0 Å². The highest BCUT2D eigenvalue weighted by molar-refractivity contribution is 5.91. The third-order valence-electron chi connectivity index (χ3n) is 11.3. The van der Waals surface area contributed by atoms with Crippen molar-refractivity contribution in [2.75, 3.05) is 20.3 Å². The summed E-state index contributed by atoms with van der Waals surface area (Å²) in [6.07, 6.45) is -23.9. The second-order valence-electron chi connectivity index (χ2n) is 16.6. The van der Waals surface area contributed by atoms with Crippen molar-refractivity contribution in [2.45, 2.75) is 140 Å². The van der Waals surface area contributed by atoms with Crippen LogP contribution in [-0.4, -0.2) is 171 Å². The number of aromatic hydroxyl groups is 1. The number of carbonyl (C=O) groups excluding carboxylic acids is 3. The van der Waals surface area contributed by atoms with Crippen LogP contribution in [0.25, 0.3) is 22.3 Å². The van der Waals surface area contributed by atoms with Crippen LogP contribution in [0.3, 0.4) is 0 Å². The number of fused-ring (bicyclic) bond motifs is 1. The van der Waals surface area contributed by atoms with Gasteiger partial charge in [-0.15, -0.1) is 0 Å². The van der Waals surface area contributed by atoms with E-state index in [4.69, 9.17) is 51.8 Å². The van der Waals surface area contributed by atoms with Gasteiger partial charge in [-0.3, -0.25) is 19.2 Å². The Hall–Kier alpha value is -5.44. The summed E-state index contributed by atoms with van der Waals surface area (Å²) in [4.78, 5) is 50.9. The lowest BCUT2D eigenvalue weighted by atomic mass is 9.96. The number of aliphatic hydroxyl groups is 7. The van der Waals surface area contributed by atoms with Crippen molar-refractivity contribution in [1.82, 2.24) is 0 Å². The molecule has 374 valence electrons. The Kier molecular flexibility index (Phi) is 16.7. The molecular weight excluding hydrogens is 908 g/mol. The number of allylic oxidation sites excluding steroid dienone is 2. The lowest BCUT2D eigenvalue weighted by Gasteiger charge is -2.46. The predicted molar refractivity (Wildman–Crippen MR) is 228 cm³/mol. The Morgan fingerprint density at radius 2 is 1.34 bits per heavy atom. The highest BCUT2D eigenvalue weighted by Gasteiger charge is 2.54. The fourth-order valence-corrected chi connectivity index (χ4v) is 7.85. The largest absolute Gasteiger partial charge is 0.507 e. The molecular formula is C45H56O23. The molecule has 3 aliphatic rings. The number of benzene rings is 2. The smallest absolute Gasteiger partial charge is 0.303 e. The van der Waals surface area contributed by atoms with Gasteiger partial charge in [0.15, 0.2) is 24.3 Å². The molecule has 3 saturated heterocycles. The number of ether oxygens (including phenoxy) is 10. The van der Waals surface area contributed by atoms with Crippen LogP contribution in [0.1, 0.15) is 47.1 Å². The van der Waals surface area contributed by atoms with Gasteiger partial charge in [-0.25, -0.2) is 0 Å². The van der Waals surface area contributed by atoms with Crippen molar-refractivity contribution in [3.05, 3.63) is 57.8 Å². The summed E-state index contributed by atoms with van der Waals surface area (Å²) in [6.45, 7) is 6.83. The molecule has 0 unspecified atom stereocenters. The molecule has 23 heteroatoms. The zero-order valence-corrected chi connectivity index (χ0v) is 37.9. The van der Waals surface area contributed by atoms with E-state index in [2.05, 4.69) is 0 Å². The zero-order chi connectivity index (χ0) is 49.9. The lowest BCUT2D eigenvalue weighted by molar-refractivity contribution is -0.351. The zero-order valence-electron chi connectivity index (χ0n) is 37.9. The van der Waals surface area contributed by atoms with E-state index in [1.807, 2.05) is 0 Å². The number of rotatable bonds is 15. The molecule has 0 radical (unpaired) electrons. The van der Waals surface area contributed by atoms with Crippen LogP contribution in [-0.2, 0) is 54.0 Å². The van der Waals surface area contributed by atoms with Crippen molar-refractivity contribution in [2.24, 2.45) is 0 Å². The standard InChI is InChI=1S/C45H56O23/c1-17(2)8-13-24-26(63-43-34(55)32(53)30(51)27(15-46)64-43)14-25(50)29-31(52)41(38(66-39(24)29)22-9-11-23(58-7)12-10-22)67-45-36(57)42(37(18(3)60-45)61-20(5)48)68-44-35(56)33(54)40(62-21(6)49)28(65-44)16-59-19(4)47/h8-12,14,18,27-28,30,32-37,40,42-46,50-51,53-57H,13,15-16H2,1-7H3/t18-,27-,28-,30-,32+,33+,34-,35-,36+,37+,40-,42-,43-,44+,45+/m1/s1. The molecule has 6 rings (SSSR count). The first-order chi connectivity index (χ1) is 32.1. The van der Waals surface area contributed by atoms with Gasteiger partial charge in [-0.05, 0) is 51.5 Å². The summed E-state index contributed by atoms with van der Waals surface area (Å²) in [5, 5.41) is 86.9. The molecule has 8 N–H and O–H groups in total. The molecule has 3 aromatic rings. The summed E-state index contributed by atoms with van der Waals surface area (Å²) < 4.78 is 63.2. The Labute approximate surface area is 387 Å². The molecule has 0 bridgehead atoms. The van der Waals surface area contributed by atoms with Crippen molar-refractivity contribution >= 4 is 28.9 Å². The Morgan fingerprint density at radius 3 is 1.94 bits per heavy atom. The van der Waals surface area contributed by atoms with Crippen LogP contribution in [0.2, 0.25) is 0 Å². The Morgan fingerprint density at radius 1 is 0.721 bits per heavy atom. The van der Waals surface area contributed by atoms with Crippen molar-refractivity contribution in [1.29, 1.82) is 0 Å². The van der Waals surface area contributed by atoms with E-state index < -0.39 is 146 Å². The van der Waals surface area contributed by atoms with Gasteiger partial charge in [0.25, 0.3) is 0 Å². The maximum atomic E-state index is 14.9. The van der Waals surface area contributed by atoms with Crippen molar-refractivity contribution in [3.8, 4) is 34.3 Å². The minimum atomic E-state index is -2.04. The molecule has 0 saturated carbocycles. The quantitative estimate of drug-likeness (QED) is 0.0546. The maximum Gasteiger partial charge on any atom is 0.303 e. The summed E-state index contributed by atoms with van der Waals surface area (Å²) in [6, 6.07) is 7.11. The number of hydrogen-bond donors (Lipinski definition) is 8. The predicted octanol–water partition coefficient (Wildman–Crippen LogP) is -0.395. The monoisotopic (exact) mass is 964 g/mol. The third kappa shape index (κ3) is 11.2. The van der Waals surface area contributed by atoms with E-state index in [0.29, 0.717) is 5.75 Å². The summed E-state index contributed by atoms with van der Waals surface area (Å²) in [5.74, 6) is -3.95. The van der Waals surface area contributed by atoms with E-state index in [1.54, 1.807) is 19.9 Å². The summed E-state index contributed by atoms with van der Waals surface area (Å²) in [7, 11) is 1.43. The third-order valence-corrected chi connectivity index (χ3v) is 11.3. The van der Waals surface area contributed by atoms with E-state index in [1.165, 1.54) is 38.3 Å². The fourth-order valence-electron chi connectivity index (χ4n) is 7.85. The number of hydrogen-bond acceptors (Lipinski definition) is 23. The van der Waals surface area contributed by atoms with Gasteiger partial charge in [-0.2, -0.15) is 0 Å². The molecule has 3 aliphatic heterocycles. The first-order valence-corrected chi connectivity index (χ1v) is 21.4. The molecule has 0 aliphatic carbocycles. The molecule has 0 spiro atoms. The number of phenols is 1. The molecule has 3 fully saturated rings. The van der Waals surface area contributed by atoms with Crippen LogP contribution in [0.4, 0.5) is 0 Å². The first-order valence-electron chi connectivity index (χ1n) is 21.4. The van der Waals surface area contributed by atoms with E-state index in [0.717, 1.165) is 32.4 Å². The summed E-state index contributed by atoms with van der Waals surface area (Å²) in [5.41, 5.74) is -0.170. The van der Waals surface area contributed by atoms with Gasteiger partial charge in [0.2, 0.25) is 23.8 Å². The number of aliphatic hydroxyl groups excluding tert-OH is 7. The van der Waals surface area contributed by atoms with Crippen LogP contribution in [0.5, 0.6) is 23.0 Å². The van der Waals surface area contributed by atoms with Gasteiger partial charge in [0.05, 0.1) is 19.8 Å². The second-order valence-corrected chi connectivity index (χ2v) is 16.6. The van der Waals surface area contributed by atoms with Gasteiger partial charge in [0, 0.05) is 38.0 Å². The van der Waals surface area contributed by atoms with Crippen LogP contribution >= 0.6 is 0 Å². The summed E-state index contributed by atoms with van der Waals surface area (Å²) >= 11 is 0. The highest BCUT2D eigenvalue weighted by atomic mass is 16.8. The average Bonchev–Trinajstić information content (AvgIpc) is 3.28. The maximum absolute atomic E-state index is 14.9. The van der Waals surface area contributed by atoms with Crippen LogP contribution in [0.15, 0.2) is 51.2 Å².